The summed E-state index contributed by atoms with van der Waals surface area (Å²) in [7, 11) is 2.92. The zero-order valence-electron chi connectivity index (χ0n) is 14.0. The van der Waals surface area contributed by atoms with Gasteiger partial charge in [-0.25, -0.2) is 9.78 Å². The van der Waals surface area contributed by atoms with Gasteiger partial charge in [0, 0.05) is 18.0 Å². The van der Waals surface area contributed by atoms with Gasteiger partial charge in [0.15, 0.2) is 5.13 Å². The first-order valence-electron chi connectivity index (χ1n) is 7.54. The van der Waals surface area contributed by atoms with Gasteiger partial charge in [-0.1, -0.05) is 11.6 Å². The molecule has 0 radical (unpaired) electrons. The minimum atomic E-state index is -0.488. The predicted octanol–water partition coefficient (Wildman–Crippen LogP) is 2.30. The molecule has 1 aliphatic heterocycles. The molecular formula is C16H15ClN4O4S. The Labute approximate surface area is 158 Å². The largest absolute Gasteiger partial charge is 0.495 e. The number of amides is 4. The summed E-state index contributed by atoms with van der Waals surface area (Å²) in [4.78, 5) is 41.9. The van der Waals surface area contributed by atoms with Gasteiger partial charge in [-0.2, -0.15) is 0 Å². The molecule has 0 saturated carbocycles. The fourth-order valence-electron chi connectivity index (χ4n) is 2.40. The maximum absolute atomic E-state index is 12.1. The second-order valence-corrected chi connectivity index (χ2v) is 6.79. The lowest BCUT2D eigenvalue weighted by atomic mass is 10.2. The van der Waals surface area contributed by atoms with E-state index >= 15 is 0 Å². The zero-order valence-corrected chi connectivity index (χ0v) is 15.6. The predicted molar refractivity (Wildman–Crippen MR) is 97.5 cm³/mol. The molecule has 1 aromatic carbocycles. The van der Waals surface area contributed by atoms with Crippen LogP contribution >= 0.6 is 22.9 Å². The summed E-state index contributed by atoms with van der Waals surface area (Å²) >= 11 is 7.37. The molecule has 0 unspecified atom stereocenters. The lowest BCUT2D eigenvalue weighted by molar-refractivity contribution is -0.124. The molecule has 2 heterocycles. The number of anilines is 1. The van der Waals surface area contributed by atoms with E-state index in [-0.39, 0.29) is 19.0 Å². The number of imide groups is 1. The highest BCUT2D eigenvalue weighted by Gasteiger charge is 2.34. The van der Waals surface area contributed by atoms with Crippen LogP contribution in [0.1, 0.15) is 0 Å². The van der Waals surface area contributed by atoms with E-state index in [1.54, 1.807) is 17.5 Å². The number of urea groups is 1. The van der Waals surface area contributed by atoms with Gasteiger partial charge in [0.25, 0.3) is 0 Å². The average Bonchev–Trinajstić information content (AvgIpc) is 3.16. The molecule has 1 aliphatic rings. The van der Waals surface area contributed by atoms with Crippen LogP contribution in [0.4, 0.5) is 9.93 Å². The van der Waals surface area contributed by atoms with Crippen LogP contribution in [0.5, 0.6) is 5.75 Å². The first kappa shape index (κ1) is 18.2. The van der Waals surface area contributed by atoms with Crippen LogP contribution in [0.2, 0.25) is 5.02 Å². The van der Waals surface area contributed by atoms with Gasteiger partial charge < -0.3 is 15.0 Å². The molecule has 0 spiro atoms. The van der Waals surface area contributed by atoms with Crippen LogP contribution in [0, 0.1) is 0 Å². The molecule has 1 saturated heterocycles. The van der Waals surface area contributed by atoms with Crippen LogP contribution < -0.4 is 10.1 Å². The first-order chi connectivity index (χ1) is 12.4. The average molecular weight is 395 g/mol. The van der Waals surface area contributed by atoms with Gasteiger partial charge in [-0.3, -0.25) is 14.5 Å². The SMILES string of the molecule is COc1ccc(-c2csc(NC(=O)CN3CC(=O)N(C)C3=O)n2)cc1Cl. The van der Waals surface area contributed by atoms with E-state index in [1.807, 2.05) is 6.07 Å². The number of likely N-dealkylation sites (N-methyl/N-ethyl adjacent to an activating group) is 1. The summed E-state index contributed by atoms with van der Waals surface area (Å²) in [5, 5.41) is 5.27. The Balaban J connectivity index is 1.65. The third-order valence-corrected chi connectivity index (χ3v) is 4.84. The van der Waals surface area contributed by atoms with E-state index in [4.69, 9.17) is 16.3 Å². The fraction of sp³-hybridized carbons (Fsp3) is 0.250. The van der Waals surface area contributed by atoms with E-state index in [0.717, 1.165) is 10.5 Å². The van der Waals surface area contributed by atoms with E-state index < -0.39 is 11.9 Å². The fourth-order valence-corrected chi connectivity index (χ4v) is 3.39. The number of aromatic nitrogens is 1. The summed E-state index contributed by atoms with van der Waals surface area (Å²) in [5.41, 5.74) is 1.44. The number of carbonyl (C=O) groups is 3. The number of methoxy groups -OCH3 is 1. The highest BCUT2D eigenvalue weighted by Crippen LogP contribution is 2.31. The second-order valence-electron chi connectivity index (χ2n) is 5.53. The van der Waals surface area contributed by atoms with Crippen molar-refractivity contribution < 1.29 is 19.1 Å². The summed E-state index contributed by atoms with van der Waals surface area (Å²) in [5.74, 6) is -0.195. The van der Waals surface area contributed by atoms with Crippen molar-refractivity contribution in [1.82, 2.24) is 14.8 Å². The minimum Gasteiger partial charge on any atom is -0.495 e. The summed E-state index contributed by atoms with van der Waals surface area (Å²) in [6, 6.07) is 4.79. The van der Waals surface area contributed by atoms with Gasteiger partial charge >= 0.3 is 6.03 Å². The van der Waals surface area contributed by atoms with Crippen molar-refractivity contribution in [2.24, 2.45) is 0 Å². The molecule has 0 bridgehead atoms. The number of carbonyl (C=O) groups excluding carboxylic acids is 3. The highest BCUT2D eigenvalue weighted by atomic mass is 35.5. The van der Waals surface area contributed by atoms with E-state index in [2.05, 4.69) is 10.3 Å². The lowest BCUT2D eigenvalue weighted by Crippen LogP contribution is -2.36. The monoisotopic (exact) mass is 394 g/mol. The molecule has 10 heteroatoms. The molecule has 1 aromatic heterocycles. The van der Waals surface area contributed by atoms with Crippen molar-refractivity contribution in [3.63, 3.8) is 0 Å². The molecule has 1 fully saturated rings. The van der Waals surface area contributed by atoms with E-state index in [1.165, 1.54) is 30.4 Å². The number of hydrogen-bond donors (Lipinski definition) is 1. The Hall–Kier alpha value is -2.65. The van der Waals surface area contributed by atoms with E-state index in [9.17, 15) is 14.4 Å². The summed E-state index contributed by atoms with van der Waals surface area (Å²) in [6.45, 7) is -0.311. The van der Waals surface area contributed by atoms with Crippen molar-refractivity contribution in [1.29, 1.82) is 0 Å². The van der Waals surface area contributed by atoms with Crippen LogP contribution in [0.3, 0.4) is 0 Å². The Bertz CT molecular complexity index is 885. The number of nitrogens with one attached hydrogen (secondary N) is 1. The Morgan fingerprint density at radius 2 is 2.19 bits per heavy atom. The van der Waals surface area contributed by atoms with Crippen LogP contribution in [0.25, 0.3) is 11.3 Å². The topological polar surface area (TPSA) is 91.8 Å². The molecule has 3 rings (SSSR count). The first-order valence-corrected chi connectivity index (χ1v) is 8.79. The number of halogens is 1. The molecule has 2 aromatic rings. The maximum Gasteiger partial charge on any atom is 0.327 e. The lowest BCUT2D eigenvalue weighted by Gasteiger charge is -2.13. The smallest absolute Gasteiger partial charge is 0.327 e. The number of thiazole rings is 1. The number of ether oxygens (including phenoxy) is 1. The van der Waals surface area contributed by atoms with Gasteiger partial charge in [0.05, 0.1) is 17.8 Å². The Kier molecular flexibility index (Phi) is 5.10. The van der Waals surface area contributed by atoms with Crippen LogP contribution in [-0.4, -0.2) is 59.9 Å². The summed E-state index contributed by atoms with van der Waals surface area (Å²) in [6.07, 6.45) is 0. The van der Waals surface area contributed by atoms with E-state index in [0.29, 0.717) is 21.6 Å². The molecule has 0 aliphatic carbocycles. The standard InChI is InChI=1S/C16H15ClN4O4S/c1-20-14(23)7-21(16(20)24)6-13(22)19-15-18-11(8-26-15)9-3-4-12(25-2)10(17)5-9/h3-5,8H,6-7H2,1-2H3,(H,18,19,22). The van der Waals surface area contributed by atoms with Crippen LogP contribution in [0.15, 0.2) is 23.6 Å². The Morgan fingerprint density at radius 1 is 1.42 bits per heavy atom. The third kappa shape index (κ3) is 3.63. The molecular weight excluding hydrogens is 380 g/mol. The van der Waals surface area contributed by atoms with Crippen molar-refractivity contribution in [3.05, 3.63) is 28.6 Å². The molecule has 0 atom stereocenters. The Morgan fingerprint density at radius 3 is 2.81 bits per heavy atom. The third-order valence-electron chi connectivity index (χ3n) is 3.79. The zero-order chi connectivity index (χ0) is 18.8. The van der Waals surface area contributed by atoms with Crippen LogP contribution in [-0.2, 0) is 9.59 Å². The van der Waals surface area contributed by atoms with Gasteiger partial charge in [-0.05, 0) is 18.2 Å². The van der Waals surface area contributed by atoms with Crippen molar-refractivity contribution >= 4 is 45.9 Å². The normalized spacial score (nSPS) is 14.1. The molecule has 136 valence electrons. The van der Waals surface area contributed by atoms with Gasteiger partial charge in [-0.15, -0.1) is 11.3 Å². The maximum atomic E-state index is 12.1. The van der Waals surface area contributed by atoms with Crippen molar-refractivity contribution in [2.45, 2.75) is 0 Å². The molecule has 1 N–H and O–H groups in total. The van der Waals surface area contributed by atoms with Crippen molar-refractivity contribution in [3.8, 4) is 17.0 Å². The number of benzene rings is 1. The quantitative estimate of drug-likeness (QED) is 0.785. The number of rotatable bonds is 5. The van der Waals surface area contributed by atoms with Crippen molar-refractivity contribution in [2.75, 3.05) is 32.6 Å². The molecule has 8 nitrogen and oxygen atoms in total. The molecule has 4 amide bonds. The highest BCUT2D eigenvalue weighted by molar-refractivity contribution is 7.14. The van der Waals surface area contributed by atoms with Gasteiger partial charge in [0.2, 0.25) is 11.8 Å². The number of nitrogens with zero attached hydrogens (tertiary/aromatic N) is 3. The molecule has 26 heavy (non-hydrogen) atoms. The minimum absolute atomic E-state index is 0.101. The number of hydrogen-bond acceptors (Lipinski definition) is 6. The summed E-state index contributed by atoms with van der Waals surface area (Å²) < 4.78 is 5.11. The second kappa shape index (κ2) is 7.30. The van der Waals surface area contributed by atoms with Gasteiger partial charge in [0.1, 0.15) is 18.8 Å².